The summed E-state index contributed by atoms with van der Waals surface area (Å²) in [5, 5.41) is 2.76. The lowest BCUT2D eigenvalue weighted by atomic mass is 9.93. The van der Waals surface area contributed by atoms with Crippen LogP contribution in [-0.4, -0.2) is 15.9 Å². The Labute approximate surface area is 171 Å². The van der Waals surface area contributed by atoms with Gasteiger partial charge in [0.25, 0.3) is 5.91 Å². The molecule has 1 amide bonds. The number of hydrogen-bond donors (Lipinski definition) is 1. The van der Waals surface area contributed by atoms with E-state index >= 15 is 0 Å². The zero-order chi connectivity index (χ0) is 21.8. The molecule has 0 bridgehead atoms. The second kappa shape index (κ2) is 8.52. The van der Waals surface area contributed by atoms with E-state index in [1.165, 1.54) is 24.5 Å². The maximum absolute atomic E-state index is 12.7. The molecule has 0 fully saturated rings. The van der Waals surface area contributed by atoms with Gasteiger partial charge in [0.05, 0.1) is 23.5 Å². The summed E-state index contributed by atoms with van der Waals surface area (Å²) in [6.07, 6.45) is -1.77. The van der Waals surface area contributed by atoms with Crippen LogP contribution in [0.4, 0.5) is 13.2 Å². The van der Waals surface area contributed by atoms with Crippen molar-refractivity contribution in [2.75, 3.05) is 0 Å². The molecule has 2 aromatic carbocycles. The van der Waals surface area contributed by atoms with E-state index in [1.54, 1.807) is 13.8 Å². The molecule has 3 rings (SSSR count). The summed E-state index contributed by atoms with van der Waals surface area (Å²) >= 11 is 0. The smallest absolute Gasteiger partial charge is 0.416 e. The van der Waals surface area contributed by atoms with Gasteiger partial charge < -0.3 is 10.1 Å². The number of benzene rings is 2. The Morgan fingerprint density at radius 1 is 0.933 bits per heavy atom. The second-order valence-corrected chi connectivity index (χ2v) is 7.17. The van der Waals surface area contributed by atoms with Gasteiger partial charge in [-0.3, -0.25) is 4.79 Å². The van der Waals surface area contributed by atoms with Crippen LogP contribution in [-0.2, 0) is 18.3 Å². The Kier molecular flexibility index (Phi) is 6.05. The first-order chi connectivity index (χ1) is 14.1. The number of amides is 1. The molecule has 0 aliphatic heterocycles. The molecule has 0 aliphatic carbocycles. The molecule has 0 atom stereocenters. The molecule has 3 aromatic rings. The fourth-order valence-electron chi connectivity index (χ4n) is 2.74. The van der Waals surface area contributed by atoms with E-state index < -0.39 is 23.2 Å². The predicted octanol–water partition coefficient (Wildman–Crippen LogP) is 4.74. The summed E-state index contributed by atoms with van der Waals surface area (Å²) in [4.78, 5) is 20.7. The molecule has 0 saturated heterocycles. The Balaban J connectivity index is 1.63. The van der Waals surface area contributed by atoms with Crippen LogP contribution in [0.25, 0.3) is 0 Å². The van der Waals surface area contributed by atoms with Gasteiger partial charge in [0, 0.05) is 0 Å². The third kappa shape index (κ3) is 5.34. The number of nitrogens with zero attached hydrogens (tertiary/aromatic N) is 2. The van der Waals surface area contributed by atoms with Crippen LogP contribution >= 0.6 is 0 Å². The number of rotatable bonds is 6. The third-order valence-corrected chi connectivity index (χ3v) is 4.45. The van der Waals surface area contributed by atoms with E-state index in [1.807, 2.05) is 30.3 Å². The Hall–Kier alpha value is -3.42. The molecule has 0 spiro atoms. The van der Waals surface area contributed by atoms with Crippen LogP contribution in [0.2, 0.25) is 0 Å². The van der Waals surface area contributed by atoms with E-state index in [4.69, 9.17) is 4.74 Å². The molecular weight excluding hydrogens is 395 g/mol. The minimum atomic E-state index is -4.41. The molecule has 30 heavy (non-hydrogen) atoms. The standard InChI is InChI=1S/C22H20F3N3O2/c1-21(2,16-8-10-17(11-9-16)22(23,24)25)28-20(29)18-12-27-19(13-26-18)30-14-15-6-4-3-5-7-15/h3-13H,14H2,1-2H3,(H,28,29). The number of carbonyl (C=O) groups excluding carboxylic acids is 1. The number of carbonyl (C=O) groups is 1. The molecule has 8 heteroatoms. The van der Waals surface area contributed by atoms with Crippen molar-refractivity contribution in [1.29, 1.82) is 0 Å². The number of halogens is 3. The molecule has 5 nitrogen and oxygen atoms in total. The van der Waals surface area contributed by atoms with Crippen molar-refractivity contribution < 1.29 is 22.7 Å². The summed E-state index contributed by atoms with van der Waals surface area (Å²) in [5.74, 6) is -0.223. The molecule has 0 unspecified atom stereocenters. The van der Waals surface area contributed by atoms with Gasteiger partial charge in [-0.1, -0.05) is 42.5 Å². The van der Waals surface area contributed by atoms with Crippen LogP contribution in [0, 0.1) is 0 Å². The Morgan fingerprint density at radius 2 is 1.57 bits per heavy atom. The number of nitrogens with one attached hydrogen (secondary N) is 1. The Bertz CT molecular complexity index is 987. The first kappa shape index (κ1) is 21.3. The minimum Gasteiger partial charge on any atom is -0.472 e. The van der Waals surface area contributed by atoms with Crippen molar-refractivity contribution in [3.05, 3.63) is 89.4 Å². The zero-order valence-corrected chi connectivity index (χ0v) is 16.4. The third-order valence-electron chi connectivity index (χ3n) is 4.45. The highest BCUT2D eigenvalue weighted by molar-refractivity contribution is 5.92. The predicted molar refractivity (Wildman–Crippen MR) is 105 cm³/mol. The average Bonchev–Trinajstić information content (AvgIpc) is 2.72. The summed E-state index contributed by atoms with van der Waals surface area (Å²) in [7, 11) is 0. The van der Waals surface area contributed by atoms with E-state index in [2.05, 4.69) is 15.3 Å². The van der Waals surface area contributed by atoms with Gasteiger partial charge in [-0.25, -0.2) is 9.97 Å². The first-order valence-corrected chi connectivity index (χ1v) is 9.14. The fourth-order valence-corrected chi connectivity index (χ4v) is 2.74. The lowest BCUT2D eigenvalue weighted by Gasteiger charge is -2.27. The second-order valence-electron chi connectivity index (χ2n) is 7.17. The van der Waals surface area contributed by atoms with Crippen LogP contribution in [0.15, 0.2) is 67.0 Å². The summed E-state index contributed by atoms with van der Waals surface area (Å²) in [6, 6.07) is 14.2. The van der Waals surface area contributed by atoms with Crippen molar-refractivity contribution in [2.45, 2.75) is 32.2 Å². The van der Waals surface area contributed by atoms with Gasteiger partial charge >= 0.3 is 6.18 Å². The molecule has 1 N–H and O–H groups in total. The number of ether oxygens (including phenoxy) is 1. The largest absolute Gasteiger partial charge is 0.472 e. The molecule has 1 heterocycles. The maximum atomic E-state index is 12.7. The SMILES string of the molecule is CC(C)(NC(=O)c1cnc(OCc2ccccc2)cn1)c1ccc(C(F)(F)F)cc1. The summed E-state index contributed by atoms with van der Waals surface area (Å²) < 4.78 is 43.7. The highest BCUT2D eigenvalue weighted by Gasteiger charge is 2.31. The lowest BCUT2D eigenvalue weighted by molar-refractivity contribution is -0.137. The van der Waals surface area contributed by atoms with Crippen LogP contribution in [0.3, 0.4) is 0 Å². The Morgan fingerprint density at radius 3 is 2.13 bits per heavy atom. The maximum Gasteiger partial charge on any atom is 0.416 e. The fraction of sp³-hybridized carbons (Fsp3) is 0.227. The molecular formula is C22H20F3N3O2. The van der Waals surface area contributed by atoms with E-state index in [-0.39, 0.29) is 11.6 Å². The highest BCUT2D eigenvalue weighted by atomic mass is 19.4. The van der Waals surface area contributed by atoms with Gasteiger partial charge in [-0.15, -0.1) is 0 Å². The number of aromatic nitrogens is 2. The van der Waals surface area contributed by atoms with Gasteiger partial charge in [0.1, 0.15) is 12.3 Å². The molecule has 0 aliphatic rings. The summed E-state index contributed by atoms with van der Waals surface area (Å²) in [6.45, 7) is 3.71. The lowest BCUT2D eigenvalue weighted by Crippen LogP contribution is -2.41. The van der Waals surface area contributed by atoms with E-state index in [0.717, 1.165) is 17.7 Å². The summed E-state index contributed by atoms with van der Waals surface area (Å²) in [5.41, 5.74) is -0.0860. The molecule has 0 saturated carbocycles. The van der Waals surface area contributed by atoms with Gasteiger partial charge in [-0.05, 0) is 37.1 Å². The zero-order valence-electron chi connectivity index (χ0n) is 16.4. The van der Waals surface area contributed by atoms with E-state index in [0.29, 0.717) is 12.2 Å². The highest BCUT2D eigenvalue weighted by Crippen LogP contribution is 2.31. The van der Waals surface area contributed by atoms with E-state index in [9.17, 15) is 18.0 Å². The molecule has 0 radical (unpaired) electrons. The molecule has 156 valence electrons. The quantitative estimate of drug-likeness (QED) is 0.632. The monoisotopic (exact) mass is 415 g/mol. The van der Waals surface area contributed by atoms with Crippen molar-refractivity contribution in [3.8, 4) is 5.88 Å². The van der Waals surface area contributed by atoms with Crippen molar-refractivity contribution in [2.24, 2.45) is 0 Å². The van der Waals surface area contributed by atoms with Crippen molar-refractivity contribution >= 4 is 5.91 Å². The minimum absolute atomic E-state index is 0.0713. The topological polar surface area (TPSA) is 64.1 Å². The average molecular weight is 415 g/mol. The van der Waals surface area contributed by atoms with Gasteiger partial charge in [0.15, 0.2) is 0 Å². The van der Waals surface area contributed by atoms with Gasteiger partial charge in [-0.2, -0.15) is 13.2 Å². The molecule has 1 aromatic heterocycles. The van der Waals surface area contributed by atoms with Crippen molar-refractivity contribution in [3.63, 3.8) is 0 Å². The van der Waals surface area contributed by atoms with Crippen LogP contribution < -0.4 is 10.1 Å². The first-order valence-electron chi connectivity index (χ1n) is 9.14. The van der Waals surface area contributed by atoms with Crippen molar-refractivity contribution in [1.82, 2.24) is 15.3 Å². The van der Waals surface area contributed by atoms with Crippen LogP contribution in [0.5, 0.6) is 5.88 Å². The number of alkyl halides is 3. The van der Waals surface area contributed by atoms with Crippen LogP contribution in [0.1, 0.15) is 41.0 Å². The normalized spacial score (nSPS) is 11.8. The van der Waals surface area contributed by atoms with Gasteiger partial charge in [0.2, 0.25) is 5.88 Å². The number of hydrogen-bond acceptors (Lipinski definition) is 4.